The molecule has 0 amide bonds. The Morgan fingerprint density at radius 1 is 1.04 bits per heavy atom. The van der Waals surface area contributed by atoms with E-state index in [0.29, 0.717) is 34.2 Å². The molecule has 5 aromatic rings. The summed E-state index contributed by atoms with van der Waals surface area (Å²) in [7, 11) is 0. The van der Waals surface area contributed by atoms with Crippen LogP contribution in [-0.4, -0.2) is 25.1 Å². The van der Waals surface area contributed by atoms with Crippen LogP contribution in [0.4, 0.5) is 0 Å². The second-order valence-corrected chi connectivity index (χ2v) is 6.13. The molecule has 1 aromatic carbocycles. The third-order valence-electron chi connectivity index (χ3n) is 4.25. The van der Waals surface area contributed by atoms with Crippen LogP contribution in [0.2, 0.25) is 0 Å². The number of nitrogens with zero attached hydrogens (tertiary/aromatic N) is 4. The third-order valence-corrected chi connectivity index (χ3v) is 4.25. The molecule has 0 saturated heterocycles. The van der Waals surface area contributed by atoms with Gasteiger partial charge in [0.2, 0.25) is 11.7 Å². The van der Waals surface area contributed by atoms with Gasteiger partial charge in [-0.2, -0.15) is 9.97 Å². The lowest BCUT2D eigenvalue weighted by Gasteiger charge is -2.04. The molecule has 0 bridgehead atoms. The smallest absolute Gasteiger partial charge is 0.280 e. The number of nitrogens with one attached hydrogen (secondary N) is 1. The molecule has 28 heavy (non-hydrogen) atoms. The number of benzene rings is 1. The number of rotatable bonds is 4. The molecule has 0 fully saturated rings. The molecule has 1 N–H and O–H groups in total. The highest BCUT2D eigenvalue weighted by Crippen LogP contribution is 2.21. The zero-order chi connectivity index (χ0) is 18.9. The first-order valence-electron chi connectivity index (χ1n) is 8.57. The normalized spacial score (nSPS) is 11.1. The van der Waals surface area contributed by atoms with Gasteiger partial charge in [0.05, 0.1) is 29.3 Å². The predicted octanol–water partition coefficient (Wildman–Crippen LogP) is 3.22. The summed E-state index contributed by atoms with van der Waals surface area (Å²) in [6, 6.07) is 14.7. The zero-order valence-corrected chi connectivity index (χ0v) is 14.5. The maximum absolute atomic E-state index is 12.5. The monoisotopic (exact) mass is 371 g/mol. The van der Waals surface area contributed by atoms with Crippen LogP contribution >= 0.6 is 0 Å². The minimum Gasteiger partial charge on any atom is -0.461 e. The molecule has 5 rings (SSSR count). The summed E-state index contributed by atoms with van der Waals surface area (Å²) < 4.78 is 10.5. The molecule has 8 heteroatoms. The van der Waals surface area contributed by atoms with E-state index in [0.717, 1.165) is 11.3 Å². The van der Waals surface area contributed by atoms with Crippen molar-refractivity contribution in [3.05, 3.63) is 83.1 Å². The van der Waals surface area contributed by atoms with Gasteiger partial charge in [0.15, 0.2) is 5.76 Å². The molecule has 0 aliphatic heterocycles. The highest BCUT2D eigenvalue weighted by molar-refractivity contribution is 5.83. The van der Waals surface area contributed by atoms with Gasteiger partial charge in [0, 0.05) is 11.8 Å². The molecule has 0 spiro atoms. The van der Waals surface area contributed by atoms with Crippen molar-refractivity contribution < 1.29 is 8.94 Å². The highest BCUT2D eigenvalue weighted by Gasteiger charge is 2.13. The molecule has 4 aromatic heterocycles. The first-order chi connectivity index (χ1) is 13.8. The van der Waals surface area contributed by atoms with E-state index >= 15 is 0 Å². The molecule has 0 atom stereocenters. The van der Waals surface area contributed by atoms with E-state index in [1.165, 1.54) is 6.26 Å². The van der Waals surface area contributed by atoms with E-state index in [9.17, 15) is 4.79 Å². The fraction of sp³-hybridized carbons (Fsp3) is 0.0500. The number of fused-ring (bicyclic) bond motifs is 1. The molecule has 8 nitrogen and oxygen atoms in total. The Labute approximate surface area is 157 Å². The quantitative estimate of drug-likeness (QED) is 0.516. The SMILES string of the molecule is O=c1nc(Cc2nc(-c3ccco3)no2)[nH]c2ccc(-c3ccccn3)cc12. The van der Waals surface area contributed by atoms with E-state index < -0.39 is 0 Å². The number of hydrogen-bond acceptors (Lipinski definition) is 7. The summed E-state index contributed by atoms with van der Waals surface area (Å²) in [6.07, 6.45) is 3.46. The molecular formula is C20H13N5O3. The van der Waals surface area contributed by atoms with Gasteiger partial charge in [-0.1, -0.05) is 17.3 Å². The molecule has 136 valence electrons. The van der Waals surface area contributed by atoms with Gasteiger partial charge < -0.3 is 13.9 Å². The zero-order valence-electron chi connectivity index (χ0n) is 14.5. The Morgan fingerprint density at radius 2 is 2.00 bits per heavy atom. The van der Waals surface area contributed by atoms with E-state index in [-0.39, 0.29) is 12.0 Å². The van der Waals surface area contributed by atoms with Crippen LogP contribution in [0.3, 0.4) is 0 Å². The molecular weight excluding hydrogens is 358 g/mol. The van der Waals surface area contributed by atoms with Gasteiger partial charge >= 0.3 is 0 Å². The molecule has 0 aliphatic rings. The van der Waals surface area contributed by atoms with E-state index in [2.05, 4.69) is 25.1 Å². The second kappa shape index (κ2) is 6.58. The summed E-state index contributed by atoms with van der Waals surface area (Å²) in [4.78, 5) is 28.4. The van der Waals surface area contributed by atoms with Crippen molar-refractivity contribution in [2.45, 2.75) is 6.42 Å². The minimum absolute atomic E-state index is 0.209. The van der Waals surface area contributed by atoms with Crippen molar-refractivity contribution in [2.75, 3.05) is 0 Å². The van der Waals surface area contributed by atoms with Crippen LogP contribution in [0, 0.1) is 0 Å². The average Bonchev–Trinajstić information content (AvgIpc) is 3.40. The Morgan fingerprint density at radius 3 is 2.82 bits per heavy atom. The molecule has 0 aliphatic carbocycles. The van der Waals surface area contributed by atoms with Crippen molar-refractivity contribution in [1.82, 2.24) is 25.1 Å². The topological polar surface area (TPSA) is 111 Å². The van der Waals surface area contributed by atoms with Gasteiger partial charge in [0.1, 0.15) is 5.82 Å². The number of aromatic amines is 1. The van der Waals surface area contributed by atoms with Crippen molar-refractivity contribution in [1.29, 1.82) is 0 Å². The van der Waals surface area contributed by atoms with Crippen molar-refractivity contribution >= 4 is 10.9 Å². The summed E-state index contributed by atoms with van der Waals surface area (Å²) in [5.74, 6) is 1.64. The Bertz CT molecular complexity index is 1310. The Hall–Kier alpha value is -4.07. The predicted molar refractivity (Wildman–Crippen MR) is 100 cm³/mol. The van der Waals surface area contributed by atoms with E-state index in [4.69, 9.17) is 8.94 Å². The summed E-state index contributed by atoms with van der Waals surface area (Å²) >= 11 is 0. The summed E-state index contributed by atoms with van der Waals surface area (Å²) in [6.45, 7) is 0. The highest BCUT2D eigenvalue weighted by atomic mass is 16.5. The molecule has 0 radical (unpaired) electrons. The van der Waals surface area contributed by atoms with Crippen molar-refractivity contribution in [3.8, 4) is 22.8 Å². The summed E-state index contributed by atoms with van der Waals surface area (Å²) in [5.41, 5.74) is 2.00. The lowest BCUT2D eigenvalue weighted by molar-refractivity contribution is 0.382. The van der Waals surface area contributed by atoms with Gasteiger partial charge in [-0.05, 0) is 36.4 Å². The van der Waals surface area contributed by atoms with Crippen LogP contribution in [0.5, 0.6) is 0 Å². The maximum Gasteiger partial charge on any atom is 0.280 e. The number of pyridine rings is 1. The number of furan rings is 1. The number of aromatic nitrogens is 5. The van der Waals surface area contributed by atoms with Gasteiger partial charge in [-0.3, -0.25) is 9.78 Å². The molecule has 4 heterocycles. The van der Waals surface area contributed by atoms with Crippen LogP contribution < -0.4 is 5.56 Å². The minimum atomic E-state index is -0.327. The molecule has 0 saturated carbocycles. The third kappa shape index (κ3) is 2.96. The van der Waals surface area contributed by atoms with E-state index in [1.807, 2.05) is 30.3 Å². The fourth-order valence-electron chi connectivity index (χ4n) is 2.95. The van der Waals surface area contributed by atoms with Crippen LogP contribution in [0.15, 0.2) is 74.7 Å². The fourth-order valence-corrected chi connectivity index (χ4v) is 2.95. The molecule has 0 unspecified atom stereocenters. The first kappa shape index (κ1) is 16.1. The first-order valence-corrected chi connectivity index (χ1v) is 8.57. The van der Waals surface area contributed by atoms with Gasteiger partial charge in [-0.25, -0.2) is 0 Å². The van der Waals surface area contributed by atoms with Crippen molar-refractivity contribution in [3.63, 3.8) is 0 Å². The van der Waals surface area contributed by atoms with Crippen LogP contribution in [0.1, 0.15) is 11.7 Å². The maximum atomic E-state index is 12.5. The Kier molecular flexibility index (Phi) is 3.79. The largest absolute Gasteiger partial charge is 0.461 e. The second-order valence-electron chi connectivity index (χ2n) is 6.13. The standard InChI is InChI=1S/C20H13N5O3/c26-20-13-10-12(14-4-1-2-8-21-14)6-7-15(13)22-17(23-20)11-18-24-19(25-28-18)16-5-3-9-27-16/h1-10H,11H2,(H,22,23,26). The van der Waals surface area contributed by atoms with Gasteiger partial charge in [-0.15, -0.1) is 0 Å². The van der Waals surface area contributed by atoms with Crippen molar-refractivity contribution in [2.24, 2.45) is 0 Å². The average molecular weight is 371 g/mol. The van der Waals surface area contributed by atoms with Gasteiger partial charge in [0.25, 0.3) is 5.56 Å². The summed E-state index contributed by atoms with van der Waals surface area (Å²) in [5, 5.41) is 4.37. The lowest BCUT2D eigenvalue weighted by Crippen LogP contribution is -2.12. The lowest BCUT2D eigenvalue weighted by atomic mass is 10.1. The number of H-pyrrole nitrogens is 1. The van der Waals surface area contributed by atoms with Crippen LogP contribution in [0.25, 0.3) is 33.7 Å². The number of hydrogen-bond donors (Lipinski definition) is 1. The Balaban J connectivity index is 1.47. The van der Waals surface area contributed by atoms with E-state index in [1.54, 1.807) is 24.4 Å². The van der Waals surface area contributed by atoms with Crippen LogP contribution in [-0.2, 0) is 6.42 Å².